The van der Waals surface area contributed by atoms with E-state index in [1.807, 2.05) is 0 Å². The number of nitrogens with zero attached hydrogens (tertiary/aromatic N) is 4. The van der Waals surface area contributed by atoms with Crippen LogP contribution in [-0.4, -0.2) is 40.5 Å². The number of nitro groups is 1. The number of rotatable bonds is 5. The highest BCUT2D eigenvalue weighted by atomic mass is 16.6. The number of benzene rings is 1. The monoisotopic (exact) mass is 353 g/mol. The molecule has 1 aliphatic heterocycles. The second-order valence-electron chi connectivity index (χ2n) is 7.10. The van der Waals surface area contributed by atoms with E-state index in [0.717, 1.165) is 25.6 Å². The first-order chi connectivity index (χ1) is 12.5. The van der Waals surface area contributed by atoms with Crippen LogP contribution >= 0.6 is 0 Å². The molecule has 1 aliphatic rings. The Bertz CT molecular complexity index is 861. The predicted octanol–water partition coefficient (Wildman–Crippen LogP) is 3.55. The molecule has 0 spiro atoms. The lowest BCUT2D eigenvalue weighted by molar-refractivity contribution is -0.384. The van der Waals surface area contributed by atoms with Crippen molar-refractivity contribution in [2.24, 2.45) is 5.92 Å². The molecule has 1 N–H and O–H groups in total. The van der Waals surface area contributed by atoms with Crippen LogP contribution in [-0.2, 0) is 0 Å². The normalized spacial score (nSPS) is 19.0. The third kappa shape index (κ3) is 3.92. The molecule has 0 amide bonds. The Hall–Kier alpha value is -2.72. The van der Waals surface area contributed by atoms with Gasteiger partial charge in [-0.05, 0) is 44.4 Å². The highest BCUT2D eigenvalue weighted by molar-refractivity contribution is 5.88. The molecule has 0 radical (unpaired) electrons. The zero-order valence-corrected chi connectivity index (χ0v) is 15.1. The van der Waals surface area contributed by atoms with E-state index in [1.165, 1.54) is 25.0 Å². The Morgan fingerprint density at radius 3 is 3.00 bits per heavy atom. The zero-order chi connectivity index (χ0) is 18.7. The molecule has 2 aromatic rings. The maximum absolute atomic E-state index is 10.9. The van der Waals surface area contributed by atoms with Gasteiger partial charge in [0.05, 0.1) is 22.1 Å². The number of hydrogen-bond donors (Lipinski definition) is 1. The predicted molar refractivity (Wildman–Crippen MR) is 101 cm³/mol. The fourth-order valence-electron chi connectivity index (χ4n) is 3.52. The lowest BCUT2D eigenvalue weighted by Crippen LogP contribution is -2.43. The zero-order valence-electron chi connectivity index (χ0n) is 15.1. The number of nitro benzene ring substituents is 1. The molecule has 26 heavy (non-hydrogen) atoms. The highest BCUT2D eigenvalue weighted by Gasteiger charge is 2.21. The summed E-state index contributed by atoms with van der Waals surface area (Å²) in [6, 6.07) is 8.57. The van der Waals surface area contributed by atoms with Gasteiger partial charge in [0.15, 0.2) is 0 Å². The Morgan fingerprint density at radius 2 is 2.31 bits per heavy atom. The van der Waals surface area contributed by atoms with Gasteiger partial charge in [-0.2, -0.15) is 5.26 Å². The molecule has 0 saturated carbocycles. The van der Waals surface area contributed by atoms with Gasteiger partial charge in [-0.15, -0.1) is 0 Å². The number of nitriles is 1. The summed E-state index contributed by atoms with van der Waals surface area (Å²) >= 11 is 0. The number of likely N-dealkylation sites (tertiary alicyclic amines) is 1. The van der Waals surface area contributed by atoms with Gasteiger partial charge in [-0.3, -0.25) is 15.0 Å². The summed E-state index contributed by atoms with van der Waals surface area (Å²) in [5.41, 5.74) is 0.932. The maximum atomic E-state index is 10.9. The Balaban J connectivity index is 1.77. The number of nitrogens with one attached hydrogen (secondary N) is 1. The number of fused-ring (bicyclic) bond motifs is 1. The smallest absolute Gasteiger partial charge is 0.270 e. The lowest BCUT2D eigenvalue weighted by Gasteiger charge is -2.35. The van der Waals surface area contributed by atoms with E-state index in [2.05, 4.69) is 35.1 Å². The van der Waals surface area contributed by atoms with Crippen LogP contribution in [0.3, 0.4) is 0 Å². The van der Waals surface area contributed by atoms with Crippen molar-refractivity contribution in [3.05, 3.63) is 39.9 Å². The van der Waals surface area contributed by atoms with Crippen molar-refractivity contribution >= 4 is 22.4 Å². The van der Waals surface area contributed by atoms with E-state index < -0.39 is 4.92 Å². The minimum absolute atomic E-state index is 0.0376. The first kappa shape index (κ1) is 18.1. The summed E-state index contributed by atoms with van der Waals surface area (Å²) in [6.45, 7) is 7.45. The second kappa shape index (κ2) is 7.67. The number of hydrogen-bond acceptors (Lipinski definition) is 6. The molecule has 1 saturated heterocycles. The van der Waals surface area contributed by atoms with E-state index >= 15 is 0 Å². The summed E-state index contributed by atoms with van der Waals surface area (Å²) in [5.74, 6) is 1.35. The molecule has 1 aromatic carbocycles. The van der Waals surface area contributed by atoms with Crippen LogP contribution in [0.2, 0.25) is 0 Å². The van der Waals surface area contributed by atoms with Crippen molar-refractivity contribution < 1.29 is 4.92 Å². The van der Waals surface area contributed by atoms with Crippen LogP contribution in [0.15, 0.2) is 24.3 Å². The van der Waals surface area contributed by atoms with Crippen LogP contribution in [0.4, 0.5) is 11.5 Å². The van der Waals surface area contributed by atoms with Crippen molar-refractivity contribution in [1.29, 1.82) is 5.26 Å². The molecule has 3 rings (SSSR count). The van der Waals surface area contributed by atoms with Crippen LogP contribution in [0.25, 0.3) is 10.9 Å². The SMILES string of the molecule is CC1CCCN(C(C)CNc2cc(C#N)c3cc([N+](=O)[O-])ccc3n2)C1. The molecule has 1 fully saturated rings. The molecule has 2 heterocycles. The first-order valence-electron chi connectivity index (χ1n) is 8.95. The molecule has 0 bridgehead atoms. The molecule has 0 aliphatic carbocycles. The van der Waals surface area contributed by atoms with E-state index in [9.17, 15) is 15.4 Å². The van der Waals surface area contributed by atoms with Crippen molar-refractivity contribution in [1.82, 2.24) is 9.88 Å². The van der Waals surface area contributed by atoms with Gasteiger partial charge < -0.3 is 5.32 Å². The third-order valence-corrected chi connectivity index (χ3v) is 5.01. The number of aromatic nitrogens is 1. The molecule has 136 valence electrons. The number of piperidine rings is 1. The quantitative estimate of drug-likeness (QED) is 0.652. The molecule has 2 unspecified atom stereocenters. The van der Waals surface area contributed by atoms with E-state index in [0.29, 0.717) is 28.3 Å². The maximum Gasteiger partial charge on any atom is 0.270 e. The average Bonchev–Trinajstić information content (AvgIpc) is 2.64. The van der Waals surface area contributed by atoms with Crippen molar-refractivity contribution in [2.45, 2.75) is 32.7 Å². The van der Waals surface area contributed by atoms with Crippen LogP contribution < -0.4 is 5.32 Å². The van der Waals surface area contributed by atoms with Gasteiger partial charge in [0.2, 0.25) is 0 Å². The van der Waals surface area contributed by atoms with Crippen molar-refractivity contribution in [3.63, 3.8) is 0 Å². The molecular formula is C19H23N5O2. The van der Waals surface area contributed by atoms with Gasteiger partial charge in [0, 0.05) is 36.7 Å². The van der Waals surface area contributed by atoms with Crippen molar-refractivity contribution in [3.8, 4) is 6.07 Å². The minimum atomic E-state index is -0.464. The summed E-state index contributed by atoms with van der Waals surface area (Å²) < 4.78 is 0. The van der Waals surface area contributed by atoms with E-state index in [4.69, 9.17) is 0 Å². The van der Waals surface area contributed by atoms with E-state index in [1.54, 1.807) is 12.1 Å². The van der Waals surface area contributed by atoms with Gasteiger partial charge in [0.1, 0.15) is 5.82 Å². The van der Waals surface area contributed by atoms with Crippen LogP contribution in [0, 0.1) is 27.4 Å². The molecular weight excluding hydrogens is 330 g/mol. The topological polar surface area (TPSA) is 95.1 Å². The molecule has 7 heteroatoms. The number of pyridine rings is 1. The Kier molecular flexibility index (Phi) is 5.33. The summed E-state index contributed by atoms with van der Waals surface area (Å²) in [4.78, 5) is 17.5. The van der Waals surface area contributed by atoms with Gasteiger partial charge in [-0.1, -0.05) is 6.92 Å². The summed E-state index contributed by atoms with van der Waals surface area (Å²) in [6.07, 6.45) is 2.53. The van der Waals surface area contributed by atoms with E-state index in [-0.39, 0.29) is 5.69 Å². The first-order valence-corrected chi connectivity index (χ1v) is 8.95. The second-order valence-corrected chi connectivity index (χ2v) is 7.10. The average molecular weight is 353 g/mol. The van der Waals surface area contributed by atoms with Gasteiger partial charge >= 0.3 is 0 Å². The fraction of sp³-hybridized carbons (Fsp3) is 0.474. The number of anilines is 1. The van der Waals surface area contributed by atoms with Gasteiger partial charge in [-0.25, -0.2) is 4.98 Å². The Labute approximate surface area is 152 Å². The molecule has 7 nitrogen and oxygen atoms in total. The third-order valence-electron chi connectivity index (χ3n) is 5.01. The molecule has 1 aromatic heterocycles. The summed E-state index contributed by atoms with van der Waals surface area (Å²) in [5, 5.41) is 24.2. The van der Waals surface area contributed by atoms with Gasteiger partial charge in [0.25, 0.3) is 5.69 Å². The van der Waals surface area contributed by atoms with Crippen molar-refractivity contribution in [2.75, 3.05) is 25.0 Å². The largest absolute Gasteiger partial charge is 0.368 e. The standard InChI is InChI=1S/C19H23N5O2/c1-13-4-3-7-23(12-13)14(2)11-21-19-8-15(10-20)17-9-16(24(25)26)5-6-18(17)22-19/h5-6,8-9,13-14H,3-4,7,11-12H2,1-2H3,(H,21,22). The fourth-order valence-corrected chi connectivity index (χ4v) is 3.52. The molecule has 2 atom stereocenters. The number of non-ortho nitro benzene ring substituents is 1. The van der Waals surface area contributed by atoms with Crippen LogP contribution in [0.1, 0.15) is 32.3 Å². The lowest BCUT2D eigenvalue weighted by atomic mass is 9.99. The van der Waals surface area contributed by atoms with Crippen LogP contribution in [0.5, 0.6) is 0 Å². The Morgan fingerprint density at radius 1 is 1.50 bits per heavy atom. The highest BCUT2D eigenvalue weighted by Crippen LogP contribution is 2.25. The summed E-state index contributed by atoms with van der Waals surface area (Å²) in [7, 11) is 0. The minimum Gasteiger partial charge on any atom is -0.368 e.